The molecule has 3 rings (SSSR count). The Hall–Kier alpha value is -3.06. The van der Waals surface area contributed by atoms with Crippen LogP contribution in [-0.2, 0) is 16.1 Å². The first-order chi connectivity index (χ1) is 12.6. The van der Waals surface area contributed by atoms with Crippen LogP contribution in [0.1, 0.15) is 11.7 Å². The van der Waals surface area contributed by atoms with Crippen LogP contribution >= 0.6 is 0 Å². The van der Waals surface area contributed by atoms with Crippen LogP contribution in [0.4, 0.5) is 0 Å². The van der Waals surface area contributed by atoms with Gasteiger partial charge < -0.3 is 19.2 Å². The van der Waals surface area contributed by atoms with Gasteiger partial charge in [-0.05, 0) is 18.2 Å². The maximum atomic E-state index is 12.3. The lowest BCUT2D eigenvalue weighted by molar-refractivity contribution is -0.122. The Morgan fingerprint density at radius 1 is 1.15 bits per heavy atom. The molecule has 0 radical (unpaired) electrons. The summed E-state index contributed by atoms with van der Waals surface area (Å²) in [6, 6.07) is 14.4. The molecule has 3 aromatic rings. The van der Waals surface area contributed by atoms with Crippen molar-refractivity contribution < 1.29 is 18.7 Å². The topological polar surface area (TPSA) is 82.7 Å². The van der Waals surface area contributed by atoms with Gasteiger partial charge in [-0.15, -0.1) is 0 Å². The summed E-state index contributed by atoms with van der Waals surface area (Å²) in [4.78, 5) is 24.3. The molecule has 1 N–H and O–H groups in total. The highest BCUT2D eigenvalue weighted by Gasteiger charge is 2.17. The van der Waals surface area contributed by atoms with Crippen molar-refractivity contribution in [2.45, 2.75) is 12.6 Å². The van der Waals surface area contributed by atoms with Crippen molar-refractivity contribution in [3.05, 3.63) is 64.6 Å². The molecule has 0 saturated heterocycles. The minimum Gasteiger partial charge on any atom is -0.496 e. The van der Waals surface area contributed by atoms with E-state index in [1.807, 2.05) is 24.3 Å². The van der Waals surface area contributed by atoms with E-state index < -0.39 is 5.76 Å². The molecule has 136 valence electrons. The summed E-state index contributed by atoms with van der Waals surface area (Å²) in [6.45, 7) is 0.123. The number of oxazole rings is 1. The van der Waals surface area contributed by atoms with Crippen molar-refractivity contribution in [3.63, 3.8) is 0 Å². The van der Waals surface area contributed by atoms with E-state index in [0.717, 1.165) is 5.56 Å². The second-order valence-corrected chi connectivity index (χ2v) is 5.69. The van der Waals surface area contributed by atoms with E-state index in [0.29, 0.717) is 16.8 Å². The van der Waals surface area contributed by atoms with Gasteiger partial charge in [-0.25, -0.2) is 4.79 Å². The van der Waals surface area contributed by atoms with Crippen LogP contribution in [0.3, 0.4) is 0 Å². The van der Waals surface area contributed by atoms with E-state index >= 15 is 0 Å². The fourth-order valence-electron chi connectivity index (χ4n) is 2.82. The molecule has 0 aliphatic rings. The highest BCUT2D eigenvalue weighted by Crippen LogP contribution is 2.26. The predicted molar refractivity (Wildman–Crippen MR) is 96.2 cm³/mol. The van der Waals surface area contributed by atoms with Crippen molar-refractivity contribution in [2.75, 3.05) is 20.8 Å². The lowest BCUT2D eigenvalue weighted by Gasteiger charge is -2.19. The van der Waals surface area contributed by atoms with E-state index in [2.05, 4.69) is 5.32 Å². The monoisotopic (exact) mass is 356 g/mol. The molecule has 1 amide bonds. The highest BCUT2D eigenvalue weighted by atomic mass is 16.5. The molecule has 26 heavy (non-hydrogen) atoms. The van der Waals surface area contributed by atoms with Crippen LogP contribution in [0.15, 0.2) is 57.7 Å². The molecule has 7 heteroatoms. The maximum Gasteiger partial charge on any atom is 0.420 e. The van der Waals surface area contributed by atoms with Crippen molar-refractivity contribution in [1.29, 1.82) is 0 Å². The molecule has 7 nitrogen and oxygen atoms in total. The highest BCUT2D eigenvalue weighted by molar-refractivity contribution is 5.79. The fourth-order valence-corrected chi connectivity index (χ4v) is 2.82. The molecule has 0 bridgehead atoms. The van der Waals surface area contributed by atoms with Crippen LogP contribution in [0.2, 0.25) is 0 Å². The molecule has 1 heterocycles. The number of para-hydroxylation sites is 3. The standard InChI is InChI=1S/C19H20N2O5/c1-24-15-9-5-3-7-13(15)17(25-2)11-20-18(22)12-21-14-8-4-6-10-16(14)26-19(21)23/h3-10,17H,11-12H2,1-2H3,(H,20,22). The number of carbonyl (C=O) groups is 1. The van der Waals surface area contributed by atoms with Gasteiger partial charge in [-0.3, -0.25) is 9.36 Å². The van der Waals surface area contributed by atoms with Gasteiger partial charge in [0.2, 0.25) is 5.91 Å². The molecule has 0 spiro atoms. The SMILES string of the molecule is COc1ccccc1C(CNC(=O)Cn1c(=O)oc2ccccc21)OC. The molecular weight excluding hydrogens is 336 g/mol. The molecule has 0 aliphatic heterocycles. The van der Waals surface area contributed by atoms with Gasteiger partial charge in [-0.2, -0.15) is 0 Å². The van der Waals surface area contributed by atoms with Crippen molar-refractivity contribution in [2.24, 2.45) is 0 Å². The van der Waals surface area contributed by atoms with Crippen molar-refractivity contribution in [3.8, 4) is 5.75 Å². The van der Waals surface area contributed by atoms with Crippen molar-refractivity contribution in [1.82, 2.24) is 9.88 Å². The number of benzene rings is 2. The molecule has 2 aromatic carbocycles. The number of ether oxygens (including phenoxy) is 2. The first kappa shape index (κ1) is 17.8. The molecule has 1 atom stereocenters. The Labute approximate surface area is 150 Å². The number of carbonyl (C=O) groups excluding carboxylic acids is 1. The fraction of sp³-hybridized carbons (Fsp3) is 0.263. The molecule has 0 saturated carbocycles. The average molecular weight is 356 g/mol. The number of methoxy groups -OCH3 is 2. The van der Waals surface area contributed by atoms with Crippen LogP contribution < -0.4 is 15.8 Å². The smallest absolute Gasteiger partial charge is 0.420 e. The van der Waals surface area contributed by atoms with Gasteiger partial charge in [0.1, 0.15) is 18.4 Å². The number of hydrogen-bond acceptors (Lipinski definition) is 5. The van der Waals surface area contributed by atoms with Crippen LogP contribution in [0.5, 0.6) is 5.75 Å². The number of fused-ring (bicyclic) bond motifs is 1. The molecular formula is C19H20N2O5. The number of hydrogen-bond donors (Lipinski definition) is 1. The summed E-state index contributed by atoms with van der Waals surface area (Å²) in [5, 5.41) is 2.79. The number of aromatic nitrogens is 1. The van der Waals surface area contributed by atoms with Gasteiger partial charge in [-0.1, -0.05) is 30.3 Å². The first-order valence-corrected chi connectivity index (χ1v) is 8.14. The normalized spacial score (nSPS) is 12.1. The van der Waals surface area contributed by atoms with Gasteiger partial charge in [0.25, 0.3) is 0 Å². The summed E-state index contributed by atoms with van der Waals surface area (Å²) in [5.41, 5.74) is 1.87. The summed E-state index contributed by atoms with van der Waals surface area (Å²) < 4.78 is 17.2. The summed E-state index contributed by atoms with van der Waals surface area (Å²) in [6.07, 6.45) is -0.368. The molecule has 1 aromatic heterocycles. The second-order valence-electron chi connectivity index (χ2n) is 5.69. The van der Waals surface area contributed by atoms with Gasteiger partial charge in [0, 0.05) is 19.2 Å². The Balaban J connectivity index is 1.69. The lowest BCUT2D eigenvalue weighted by atomic mass is 10.1. The third kappa shape index (κ3) is 3.62. The maximum absolute atomic E-state index is 12.3. The van der Waals surface area contributed by atoms with E-state index in [4.69, 9.17) is 13.9 Å². The molecule has 0 aliphatic carbocycles. The number of nitrogens with one attached hydrogen (secondary N) is 1. The van der Waals surface area contributed by atoms with E-state index in [1.165, 1.54) is 4.57 Å². The first-order valence-electron chi connectivity index (χ1n) is 8.14. The number of nitrogens with zero attached hydrogens (tertiary/aromatic N) is 1. The largest absolute Gasteiger partial charge is 0.496 e. The van der Waals surface area contributed by atoms with Crippen LogP contribution in [-0.4, -0.2) is 31.2 Å². The lowest BCUT2D eigenvalue weighted by Crippen LogP contribution is -2.34. The number of amides is 1. The van der Waals surface area contributed by atoms with Crippen molar-refractivity contribution >= 4 is 17.0 Å². The van der Waals surface area contributed by atoms with Gasteiger partial charge in [0.15, 0.2) is 5.58 Å². The summed E-state index contributed by atoms with van der Waals surface area (Å²) in [5.74, 6) is -0.185. The zero-order valence-electron chi connectivity index (χ0n) is 14.6. The zero-order chi connectivity index (χ0) is 18.5. The summed E-state index contributed by atoms with van der Waals surface area (Å²) in [7, 11) is 3.15. The van der Waals surface area contributed by atoms with E-state index in [1.54, 1.807) is 38.5 Å². The minimum atomic E-state index is -0.561. The molecule has 0 fully saturated rings. The van der Waals surface area contributed by atoms with Crippen LogP contribution in [0, 0.1) is 0 Å². The van der Waals surface area contributed by atoms with Gasteiger partial charge >= 0.3 is 5.76 Å². The molecule has 1 unspecified atom stereocenters. The third-order valence-electron chi connectivity index (χ3n) is 4.13. The second kappa shape index (κ2) is 7.88. The average Bonchev–Trinajstić information content (AvgIpc) is 2.98. The van der Waals surface area contributed by atoms with E-state index in [-0.39, 0.29) is 25.1 Å². The van der Waals surface area contributed by atoms with Crippen LogP contribution in [0.25, 0.3) is 11.1 Å². The third-order valence-corrected chi connectivity index (χ3v) is 4.13. The van der Waals surface area contributed by atoms with Gasteiger partial charge in [0.05, 0.1) is 12.6 Å². The Kier molecular flexibility index (Phi) is 5.38. The quantitative estimate of drug-likeness (QED) is 0.701. The Morgan fingerprint density at radius 2 is 1.88 bits per heavy atom. The predicted octanol–water partition coefficient (Wildman–Crippen LogP) is 2.11. The zero-order valence-corrected chi connectivity index (χ0v) is 14.6. The Morgan fingerprint density at radius 3 is 2.65 bits per heavy atom. The Bertz CT molecular complexity index is 960. The number of rotatable bonds is 7. The van der Waals surface area contributed by atoms with E-state index in [9.17, 15) is 9.59 Å². The minimum absolute atomic E-state index is 0.127. The summed E-state index contributed by atoms with van der Waals surface area (Å²) >= 11 is 0.